The van der Waals surface area contributed by atoms with Crippen molar-refractivity contribution in [3.63, 3.8) is 0 Å². The Labute approximate surface area is 171 Å². The molecule has 29 heavy (non-hydrogen) atoms. The Morgan fingerprint density at radius 1 is 1.00 bits per heavy atom. The van der Waals surface area contributed by atoms with Crippen LogP contribution in [0.3, 0.4) is 0 Å². The minimum atomic E-state index is -0.275. The highest BCUT2D eigenvalue weighted by Crippen LogP contribution is 2.33. The molecule has 6 heteroatoms. The third-order valence-corrected chi connectivity index (χ3v) is 5.80. The fourth-order valence-corrected chi connectivity index (χ4v) is 4.02. The van der Waals surface area contributed by atoms with Crippen molar-refractivity contribution in [1.29, 1.82) is 0 Å². The number of hydrogen-bond acceptors (Lipinski definition) is 4. The first kappa shape index (κ1) is 19.7. The number of rotatable bonds is 5. The highest BCUT2D eigenvalue weighted by molar-refractivity contribution is 6.03. The van der Waals surface area contributed by atoms with E-state index in [9.17, 15) is 9.18 Å². The van der Waals surface area contributed by atoms with Crippen LogP contribution in [0, 0.1) is 5.82 Å². The van der Waals surface area contributed by atoms with E-state index in [0.717, 1.165) is 49.6 Å². The van der Waals surface area contributed by atoms with Gasteiger partial charge < -0.3 is 4.90 Å². The first-order valence-corrected chi connectivity index (χ1v) is 10.3. The van der Waals surface area contributed by atoms with E-state index in [1.165, 1.54) is 12.1 Å². The Balaban J connectivity index is 1.53. The quantitative estimate of drug-likeness (QED) is 0.782. The summed E-state index contributed by atoms with van der Waals surface area (Å²) < 4.78 is 13.4. The number of nitrogens with zero attached hydrogens (tertiary/aromatic N) is 4. The van der Waals surface area contributed by atoms with Crippen molar-refractivity contribution < 1.29 is 9.18 Å². The number of piperazine rings is 1. The molecular weight excluding hydrogens is 367 g/mol. The first-order chi connectivity index (χ1) is 14.1. The zero-order valence-electron chi connectivity index (χ0n) is 16.8. The summed E-state index contributed by atoms with van der Waals surface area (Å²) >= 11 is 0. The number of carbonyl (C=O) groups excluding carboxylic acids is 1. The second kappa shape index (κ2) is 8.84. The van der Waals surface area contributed by atoms with Gasteiger partial charge in [0.05, 0.1) is 18.3 Å². The smallest absolute Gasteiger partial charge is 0.257 e. The maximum absolute atomic E-state index is 13.4. The van der Waals surface area contributed by atoms with Crippen molar-refractivity contribution in [3.8, 4) is 0 Å². The SMILES string of the molecule is CCN1CCN(CC(=O)N2N=C(c3ccccc3)C[C@H]2c2ccc(F)cc2)CC1. The maximum atomic E-state index is 13.4. The van der Waals surface area contributed by atoms with Crippen LogP contribution in [0.25, 0.3) is 0 Å². The van der Waals surface area contributed by atoms with Crippen LogP contribution in [0.5, 0.6) is 0 Å². The van der Waals surface area contributed by atoms with Gasteiger partial charge >= 0.3 is 0 Å². The van der Waals surface area contributed by atoms with Crippen LogP contribution in [0.4, 0.5) is 4.39 Å². The van der Waals surface area contributed by atoms with E-state index in [1.807, 2.05) is 30.3 Å². The molecule has 0 aliphatic carbocycles. The lowest BCUT2D eigenvalue weighted by Gasteiger charge is -2.34. The zero-order valence-corrected chi connectivity index (χ0v) is 16.8. The second-order valence-electron chi connectivity index (χ2n) is 7.63. The lowest BCUT2D eigenvalue weighted by atomic mass is 9.98. The van der Waals surface area contributed by atoms with E-state index in [4.69, 9.17) is 5.10 Å². The number of benzene rings is 2. The predicted molar refractivity (Wildman–Crippen MR) is 112 cm³/mol. The van der Waals surface area contributed by atoms with Crippen molar-refractivity contribution in [2.75, 3.05) is 39.3 Å². The molecule has 0 aromatic heterocycles. The van der Waals surface area contributed by atoms with Crippen LogP contribution in [-0.4, -0.2) is 65.7 Å². The Morgan fingerprint density at radius 3 is 2.31 bits per heavy atom. The molecule has 0 spiro atoms. The molecule has 2 aromatic rings. The summed E-state index contributed by atoms with van der Waals surface area (Å²) in [6, 6.07) is 16.1. The van der Waals surface area contributed by atoms with Crippen LogP contribution in [-0.2, 0) is 4.79 Å². The van der Waals surface area contributed by atoms with Crippen LogP contribution in [0.15, 0.2) is 59.7 Å². The molecule has 1 saturated heterocycles. The molecule has 0 N–H and O–H groups in total. The summed E-state index contributed by atoms with van der Waals surface area (Å²) in [4.78, 5) is 17.8. The molecule has 2 aliphatic heterocycles. The van der Waals surface area contributed by atoms with Gasteiger partial charge in [-0.3, -0.25) is 9.69 Å². The molecule has 2 aliphatic rings. The van der Waals surface area contributed by atoms with Gasteiger partial charge in [0.25, 0.3) is 5.91 Å². The second-order valence-corrected chi connectivity index (χ2v) is 7.63. The van der Waals surface area contributed by atoms with Gasteiger partial charge in [-0.05, 0) is 29.8 Å². The molecule has 0 radical (unpaired) electrons. The number of amides is 1. The van der Waals surface area contributed by atoms with Gasteiger partial charge in [0, 0.05) is 32.6 Å². The molecule has 1 fully saturated rings. The standard InChI is InChI=1S/C23H27FN4O/c1-2-26-12-14-27(15-13-26)17-23(29)28-22(19-8-10-20(24)11-9-19)16-21(25-28)18-6-4-3-5-7-18/h3-11,22H,2,12-17H2,1H3/t22-/m0/s1. The van der Waals surface area contributed by atoms with Gasteiger partial charge in [-0.2, -0.15) is 5.10 Å². The molecule has 152 valence electrons. The molecule has 5 nitrogen and oxygen atoms in total. The minimum Gasteiger partial charge on any atom is -0.301 e. The lowest BCUT2D eigenvalue weighted by molar-refractivity contribution is -0.134. The third-order valence-electron chi connectivity index (χ3n) is 5.80. The van der Waals surface area contributed by atoms with E-state index in [-0.39, 0.29) is 17.8 Å². The largest absolute Gasteiger partial charge is 0.301 e. The molecule has 0 saturated carbocycles. The van der Waals surface area contributed by atoms with Crippen molar-refractivity contribution >= 4 is 11.6 Å². The molecule has 2 aromatic carbocycles. The van der Waals surface area contributed by atoms with Gasteiger partial charge in [0.2, 0.25) is 0 Å². The van der Waals surface area contributed by atoms with Gasteiger partial charge in [-0.15, -0.1) is 0 Å². The number of carbonyl (C=O) groups is 1. The van der Waals surface area contributed by atoms with Crippen molar-refractivity contribution in [2.24, 2.45) is 5.10 Å². The van der Waals surface area contributed by atoms with Crippen molar-refractivity contribution in [2.45, 2.75) is 19.4 Å². The van der Waals surface area contributed by atoms with Crippen LogP contribution >= 0.6 is 0 Å². The van der Waals surface area contributed by atoms with Crippen LogP contribution in [0.1, 0.15) is 30.5 Å². The van der Waals surface area contributed by atoms with Gasteiger partial charge in [-0.25, -0.2) is 9.40 Å². The Bertz CT molecular complexity index is 860. The first-order valence-electron chi connectivity index (χ1n) is 10.3. The Kier molecular flexibility index (Phi) is 6.02. The highest BCUT2D eigenvalue weighted by Gasteiger charge is 2.34. The molecule has 1 amide bonds. The fraction of sp³-hybridized carbons (Fsp3) is 0.391. The topological polar surface area (TPSA) is 39.1 Å². The predicted octanol–water partition coefficient (Wildman–Crippen LogP) is 3.14. The van der Waals surface area contributed by atoms with E-state index >= 15 is 0 Å². The fourth-order valence-electron chi connectivity index (χ4n) is 4.02. The molecular formula is C23H27FN4O. The highest BCUT2D eigenvalue weighted by atomic mass is 19.1. The molecule has 4 rings (SSSR count). The van der Waals surface area contributed by atoms with E-state index in [2.05, 4.69) is 16.7 Å². The summed E-state index contributed by atoms with van der Waals surface area (Å²) in [7, 11) is 0. The van der Waals surface area contributed by atoms with E-state index in [1.54, 1.807) is 17.1 Å². The van der Waals surface area contributed by atoms with Gasteiger partial charge in [0.15, 0.2) is 0 Å². The third kappa shape index (κ3) is 4.54. The summed E-state index contributed by atoms with van der Waals surface area (Å²) in [6.07, 6.45) is 0.630. The number of hydrazone groups is 1. The number of hydrogen-bond donors (Lipinski definition) is 0. The zero-order chi connectivity index (χ0) is 20.2. The van der Waals surface area contributed by atoms with Crippen LogP contribution < -0.4 is 0 Å². The van der Waals surface area contributed by atoms with E-state index in [0.29, 0.717) is 13.0 Å². The lowest BCUT2D eigenvalue weighted by Crippen LogP contribution is -2.49. The Hall–Kier alpha value is -2.57. The van der Waals surface area contributed by atoms with E-state index < -0.39 is 0 Å². The number of halogens is 1. The summed E-state index contributed by atoms with van der Waals surface area (Å²) in [6.45, 7) is 7.34. The maximum Gasteiger partial charge on any atom is 0.257 e. The van der Waals surface area contributed by atoms with Gasteiger partial charge in [-0.1, -0.05) is 49.4 Å². The molecule has 0 bridgehead atoms. The molecule has 2 heterocycles. The molecule has 1 atom stereocenters. The summed E-state index contributed by atoms with van der Waals surface area (Å²) in [5.41, 5.74) is 2.82. The van der Waals surface area contributed by atoms with Crippen LogP contribution in [0.2, 0.25) is 0 Å². The summed E-state index contributed by atoms with van der Waals surface area (Å²) in [5, 5.41) is 6.32. The van der Waals surface area contributed by atoms with Gasteiger partial charge in [0.1, 0.15) is 5.82 Å². The number of likely N-dealkylation sites (N-methyl/N-ethyl adjacent to an activating group) is 1. The minimum absolute atomic E-state index is 0.00444. The average Bonchev–Trinajstić information content (AvgIpc) is 3.21. The Morgan fingerprint density at radius 2 is 1.66 bits per heavy atom. The summed E-state index contributed by atoms with van der Waals surface area (Å²) in [5.74, 6) is -0.280. The van der Waals surface area contributed by atoms with Crippen molar-refractivity contribution in [1.82, 2.24) is 14.8 Å². The normalized spacial score (nSPS) is 20.7. The monoisotopic (exact) mass is 394 g/mol. The average molecular weight is 394 g/mol. The molecule has 0 unspecified atom stereocenters. The van der Waals surface area contributed by atoms with Crippen molar-refractivity contribution in [3.05, 3.63) is 71.5 Å².